The van der Waals surface area contributed by atoms with E-state index in [4.69, 9.17) is 0 Å². The number of hydrogen-bond donors (Lipinski definition) is 0. The van der Waals surface area contributed by atoms with Crippen LogP contribution in [0.25, 0.3) is 0 Å². The molecular formula is C8H3EuF3O3S+3. The molecule has 0 bridgehead atoms. The van der Waals surface area contributed by atoms with E-state index in [2.05, 4.69) is 0 Å². The molecule has 0 aliphatic heterocycles. The topological polar surface area (TPSA) is 51.2 Å². The van der Waals surface area contributed by atoms with Gasteiger partial charge < -0.3 is 0 Å². The summed E-state index contributed by atoms with van der Waals surface area (Å²) < 4.78 is 35.3. The van der Waals surface area contributed by atoms with Gasteiger partial charge in [-0.3, -0.25) is 14.4 Å². The van der Waals surface area contributed by atoms with Crippen molar-refractivity contribution >= 4 is 28.7 Å². The Morgan fingerprint density at radius 3 is 2.12 bits per heavy atom. The fourth-order valence-corrected chi connectivity index (χ4v) is 1.41. The van der Waals surface area contributed by atoms with Gasteiger partial charge in [0.2, 0.25) is 5.78 Å². The van der Waals surface area contributed by atoms with Crippen LogP contribution >= 0.6 is 11.3 Å². The minimum atomic E-state index is -5.30. The molecule has 0 radical (unpaired) electrons. The quantitative estimate of drug-likeness (QED) is 0.450. The summed E-state index contributed by atoms with van der Waals surface area (Å²) in [7, 11) is 0. The Kier molecular flexibility index (Phi) is 6.17. The number of alkyl halides is 3. The molecule has 8 heteroatoms. The van der Waals surface area contributed by atoms with Gasteiger partial charge in [0.25, 0.3) is 5.78 Å². The molecule has 0 amide bonds. The zero-order valence-electron chi connectivity index (χ0n) is 7.38. The minimum Gasteiger partial charge on any atom is -0.284 e. The second-order valence-corrected chi connectivity index (χ2v) is 3.41. The Balaban J connectivity index is 0.00000225. The van der Waals surface area contributed by atoms with Crippen LogP contribution in [-0.4, -0.2) is 23.5 Å². The average Bonchev–Trinajstić information content (AvgIpc) is 2.65. The molecule has 1 rings (SSSR count). The summed E-state index contributed by atoms with van der Waals surface area (Å²) in [4.78, 5) is 32.0. The summed E-state index contributed by atoms with van der Waals surface area (Å²) in [5, 5.41) is 1.42. The summed E-state index contributed by atoms with van der Waals surface area (Å²) in [5.74, 6) is -6.11. The third kappa shape index (κ3) is 3.83. The molecule has 0 aliphatic rings. The molecular weight excluding hydrogens is 385 g/mol. The second kappa shape index (κ2) is 6.14. The van der Waals surface area contributed by atoms with Crippen LogP contribution in [-0.2, 0) is 9.59 Å². The number of ketones is 3. The number of rotatable bonds is 3. The molecule has 0 unspecified atom stereocenters. The first-order valence-electron chi connectivity index (χ1n) is 3.57. The first-order valence-corrected chi connectivity index (χ1v) is 4.45. The van der Waals surface area contributed by atoms with Crippen molar-refractivity contribution in [1.29, 1.82) is 0 Å². The van der Waals surface area contributed by atoms with E-state index in [1.165, 1.54) is 17.5 Å². The van der Waals surface area contributed by atoms with Crippen LogP contribution in [0, 0.1) is 49.4 Å². The fraction of sp³-hybridized carbons (Fsp3) is 0.125. The van der Waals surface area contributed by atoms with Gasteiger partial charge >= 0.3 is 61.3 Å². The normalized spacial score (nSPS) is 10.4. The zero-order chi connectivity index (χ0) is 11.6. The molecule has 0 aliphatic carbocycles. The summed E-state index contributed by atoms with van der Waals surface area (Å²) in [6.45, 7) is 0. The molecule has 0 N–H and O–H groups in total. The van der Waals surface area contributed by atoms with Gasteiger partial charge in [-0.2, -0.15) is 13.2 Å². The number of hydrogen-bond acceptors (Lipinski definition) is 4. The van der Waals surface area contributed by atoms with Crippen molar-refractivity contribution in [3.05, 3.63) is 22.4 Å². The standard InChI is InChI=1S/C8H3F3O3S.Eu/c9-8(10,11)7(14)6(13)5(12)4-2-1-3-15-4;/h1-3H;/q;+3. The van der Waals surface area contributed by atoms with Crippen molar-refractivity contribution < 1.29 is 76.9 Å². The predicted octanol–water partition coefficient (Wildman–Crippen LogP) is 1.63. The maximum Gasteiger partial charge on any atom is 3.00 e. The van der Waals surface area contributed by atoms with Crippen LogP contribution in [0.1, 0.15) is 9.67 Å². The van der Waals surface area contributed by atoms with Gasteiger partial charge in [0.1, 0.15) is 0 Å². The smallest absolute Gasteiger partial charge is 0.284 e. The van der Waals surface area contributed by atoms with Crippen LogP contribution in [0.4, 0.5) is 13.2 Å². The van der Waals surface area contributed by atoms with Crippen molar-refractivity contribution in [2.24, 2.45) is 0 Å². The Hall–Kier alpha value is 0.0844. The van der Waals surface area contributed by atoms with E-state index in [1.54, 1.807) is 0 Å². The molecule has 0 saturated carbocycles. The number of halogens is 3. The van der Waals surface area contributed by atoms with Crippen molar-refractivity contribution in [2.45, 2.75) is 6.18 Å². The number of carbonyl (C=O) groups is 3. The Labute approximate surface area is 133 Å². The van der Waals surface area contributed by atoms with Crippen molar-refractivity contribution in [3.8, 4) is 0 Å². The summed E-state index contributed by atoms with van der Waals surface area (Å²) in [5.41, 5.74) is 0. The van der Waals surface area contributed by atoms with E-state index in [0.717, 1.165) is 11.3 Å². The van der Waals surface area contributed by atoms with Crippen molar-refractivity contribution in [1.82, 2.24) is 0 Å². The van der Waals surface area contributed by atoms with Gasteiger partial charge in [0.05, 0.1) is 4.88 Å². The average molecular weight is 388 g/mol. The van der Waals surface area contributed by atoms with Crippen LogP contribution < -0.4 is 0 Å². The van der Waals surface area contributed by atoms with Gasteiger partial charge in [-0.25, -0.2) is 0 Å². The molecule has 0 atom stereocenters. The van der Waals surface area contributed by atoms with E-state index in [9.17, 15) is 27.6 Å². The van der Waals surface area contributed by atoms with Gasteiger partial charge in [-0.15, -0.1) is 11.3 Å². The molecule has 16 heavy (non-hydrogen) atoms. The largest absolute Gasteiger partial charge is 3.00 e. The third-order valence-electron chi connectivity index (χ3n) is 1.41. The molecule has 3 nitrogen and oxygen atoms in total. The first-order chi connectivity index (χ1) is 6.84. The SMILES string of the molecule is O=C(C(=O)c1cccs1)C(=O)C(F)(F)F.[Eu+3]. The van der Waals surface area contributed by atoms with E-state index in [-0.39, 0.29) is 54.3 Å². The molecule has 84 valence electrons. The van der Waals surface area contributed by atoms with Crippen molar-refractivity contribution in [3.63, 3.8) is 0 Å². The van der Waals surface area contributed by atoms with Gasteiger partial charge in [0.15, 0.2) is 0 Å². The molecule has 0 spiro atoms. The van der Waals surface area contributed by atoms with E-state index < -0.39 is 23.5 Å². The molecule has 0 fully saturated rings. The number of Topliss-reactive ketones (excluding diaryl/α,β-unsaturated/α-hetero) is 3. The maximum absolute atomic E-state index is 11.8. The summed E-state index contributed by atoms with van der Waals surface area (Å²) >= 11 is 0.797. The fourth-order valence-electron chi connectivity index (χ4n) is 0.752. The van der Waals surface area contributed by atoms with Crippen LogP contribution in [0.3, 0.4) is 0 Å². The molecule has 0 saturated heterocycles. The summed E-state index contributed by atoms with van der Waals surface area (Å²) in [6.07, 6.45) is -5.30. The van der Waals surface area contributed by atoms with Gasteiger partial charge in [0, 0.05) is 0 Å². The second-order valence-electron chi connectivity index (χ2n) is 2.46. The predicted molar refractivity (Wildman–Crippen MR) is 44.7 cm³/mol. The molecule has 0 aromatic carbocycles. The Morgan fingerprint density at radius 2 is 1.75 bits per heavy atom. The first kappa shape index (κ1) is 16.1. The number of thiophene rings is 1. The zero-order valence-corrected chi connectivity index (χ0v) is 10.6. The molecule has 1 aromatic rings. The van der Waals surface area contributed by atoms with Crippen molar-refractivity contribution in [2.75, 3.05) is 0 Å². The van der Waals surface area contributed by atoms with E-state index in [0.29, 0.717) is 0 Å². The van der Waals surface area contributed by atoms with E-state index >= 15 is 0 Å². The third-order valence-corrected chi connectivity index (χ3v) is 2.28. The maximum atomic E-state index is 11.8. The van der Waals surface area contributed by atoms with Crippen LogP contribution in [0.2, 0.25) is 0 Å². The Bertz CT molecular complexity index is 411. The monoisotopic (exact) mass is 389 g/mol. The number of carbonyl (C=O) groups excluding carboxylic acids is 3. The Morgan fingerprint density at radius 1 is 1.19 bits per heavy atom. The van der Waals surface area contributed by atoms with E-state index in [1.807, 2.05) is 0 Å². The summed E-state index contributed by atoms with van der Waals surface area (Å²) in [6, 6.07) is 2.57. The molecule has 1 aromatic heterocycles. The molecule has 1 heterocycles. The van der Waals surface area contributed by atoms with Crippen LogP contribution in [0.15, 0.2) is 17.5 Å². The van der Waals surface area contributed by atoms with Crippen LogP contribution in [0.5, 0.6) is 0 Å². The van der Waals surface area contributed by atoms with Gasteiger partial charge in [-0.05, 0) is 11.4 Å². The minimum absolute atomic E-state index is 0. The van der Waals surface area contributed by atoms with Gasteiger partial charge in [-0.1, -0.05) is 6.07 Å².